The molecule has 144 valence electrons. The summed E-state index contributed by atoms with van der Waals surface area (Å²) >= 11 is 1.59. The number of carbonyl (C=O) groups is 2. The molecule has 1 aromatic heterocycles. The predicted octanol–water partition coefficient (Wildman–Crippen LogP) is 3.16. The van der Waals surface area contributed by atoms with Crippen LogP contribution in [-0.2, 0) is 10.5 Å². The third kappa shape index (κ3) is 3.89. The van der Waals surface area contributed by atoms with E-state index in [0.29, 0.717) is 31.9 Å². The van der Waals surface area contributed by atoms with Crippen LogP contribution in [0.2, 0.25) is 0 Å². The number of aromatic amines is 1. The van der Waals surface area contributed by atoms with Crippen molar-refractivity contribution in [3.8, 4) is 0 Å². The molecule has 0 aliphatic carbocycles. The lowest BCUT2D eigenvalue weighted by atomic mass is 10.1. The van der Waals surface area contributed by atoms with Gasteiger partial charge >= 0.3 is 0 Å². The van der Waals surface area contributed by atoms with Crippen molar-refractivity contribution in [1.29, 1.82) is 0 Å². The molecule has 1 aliphatic rings. The Hall–Kier alpha value is -2.80. The second kappa shape index (κ2) is 8.06. The van der Waals surface area contributed by atoms with E-state index in [4.69, 9.17) is 0 Å². The molecule has 0 unspecified atom stereocenters. The summed E-state index contributed by atoms with van der Waals surface area (Å²) in [6.45, 7) is 3.91. The van der Waals surface area contributed by atoms with Gasteiger partial charge in [-0.25, -0.2) is 4.98 Å². The molecule has 1 fully saturated rings. The van der Waals surface area contributed by atoms with Crippen molar-refractivity contribution in [3.05, 3.63) is 59.7 Å². The van der Waals surface area contributed by atoms with Crippen LogP contribution in [0.5, 0.6) is 0 Å². The number of rotatable bonds is 4. The summed E-state index contributed by atoms with van der Waals surface area (Å²) in [7, 11) is 0. The van der Waals surface area contributed by atoms with Crippen molar-refractivity contribution in [3.63, 3.8) is 0 Å². The van der Waals surface area contributed by atoms with Crippen LogP contribution in [0.3, 0.4) is 0 Å². The minimum Gasteiger partial charge on any atom is -0.339 e. The maximum Gasteiger partial charge on any atom is 0.254 e. The van der Waals surface area contributed by atoms with E-state index in [1.807, 2.05) is 53.4 Å². The number of carbonyl (C=O) groups excluding carboxylic acids is 2. The normalized spacial score (nSPS) is 14.5. The first-order valence-electron chi connectivity index (χ1n) is 9.32. The zero-order valence-electron chi connectivity index (χ0n) is 15.7. The third-order valence-electron chi connectivity index (χ3n) is 4.99. The van der Waals surface area contributed by atoms with Crippen molar-refractivity contribution in [2.45, 2.75) is 17.8 Å². The molecule has 1 saturated heterocycles. The van der Waals surface area contributed by atoms with Gasteiger partial charge in [-0.15, -0.1) is 0 Å². The molecule has 2 heterocycles. The monoisotopic (exact) mass is 394 g/mol. The first kappa shape index (κ1) is 18.6. The number of para-hydroxylation sites is 2. The number of thioether (sulfide) groups is 1. The summed E-state index contributed by atoms with van der Waals surface area (Å²) in [5, 5.41) is 0.846. The molecule has 2 aromatic carbocycles. The van der Waals surface area contributed by atoms with Crippen LogP contribution >= 0.6 is 11.8 Å². The molecule has 4 rings (SSSR count). The standard InChI is InChI=1S/C21H22N4O2S/c1-15(26)24-10-12-25(13-11-24)20(27)17-7-3-2-6-16(17)14-28-21-22-18-8-4-5-9-19(18)23-21/h2-9H,10-14H2,1H3,(H,22,23). The van der Waals surface area contributed by atoms with Gasteiger partial charge in [0.05, 0.1) is 11.0 Å². The SMILES string of the molecule is CC(=O)N1CCN(C(=O)c2ccccc2CSc2nc3ccccc3[nH]2)CC1. The predicted molar refractivity (Wildman–Crippen MR) is 110 cm³/mol. The fourth-order valence-corrected chi connectivity index (χ4v) is 4.28. The van der Waals surface area contributed by atoms with Crippen LogP contribution in [0, 0.1) is 0 Å². The third-order valence-corrected chi connectivity index (χ3v) is 5.91. The smallest absolute Gasteiger partial charge is 0.254 e. The Balaban J connectivity index is 1.46. The van der Waals surface area contributed by atoms with Crippen molar-refractivity contribution in [1.82, 2.24) is 19.8 Å². The van der Waals surface area contributed by atoms with Crippen LogP contribution in [0.4, 0.5) is 0 Å². The van der Waals surface area contributed by atoms with E-state index >= 15 is 0 Å². The summed E-state index contributed by atoms with van der Waals surface area (Å²) in [6, 6.07) is 15.7. The van der Waals surface area contributed by atoms with Gasteiger partial charge in [0.1, 0.15) is 0 Å². The van der Waals surface area contributed by atoms with E-state index in [0.717, 1.165) is 27.3 Å². The topological polar surface area (TPSA) is 69.3 Å². The van der Waals surface area contributed by atoms with Gasteiger partial charge < -0.3 is 14.8 Å². The quantitative estimate of drug-likeness (QED) is 0.690. The van der Waals surface area contributed by atoms with Gasteiger partial charge in [-0.3, -0.25) is 9.59 Å². The number of fused-ring (bicyclic) bond motifs is 1. The molecule has 3 aromatic rings. The minimum absolute atomic E-state index is 0.0315. The molecule has 0 saturated carbocycles. The van der Waals surface area contributed by atoms with Gasteiger partial charge in [0.25, 0.3) is 5.91 Å². The van der Waals surface area contributed by atoms with Crippen molar-refractivity contribution >= 4 is 34.6 Å². The lowest BCUT2D eigenvalue weighted by molar-refractivity contribution is -0.130. The summed E-state index contributed by atoms with van der Waals surface area (Å²) in [6.07, 6.45) is 0. The number of nitrogens with zero attached hydrogens (tertiary/aromatic N) is 3. The number of hydrogen-bond donors (Lipinski definition) is 1. The number of nitrogens with one attached hydrogen (secondary N) is 1. The molecule has 7 heteroatoms. The zero-order chi connectivity index (χ0) is 19.5. The molecule has 1 aliphatic heterocycles. The number of imidazole rings is 1. The first-order valence-corrected chi connectivity index (χ1v) is 10.3. The Morgan fingerprint density at radius 3 is 2.43 bits per heavy atom. The maximum absolute atomic E-state index is 13.0. The highest BCUT2D eigenvalue weighted by Crippen LogP contribution is 2.25. The van der Waals surface area contributed by atoms with Crippen molar-refractivity contribution < 1.29 is 9.59 Å². The Morgan fingerprint density at radius 1 is 1.00 bits per heavy atom. The van der Waals surface area contributed by atoms with Crippen LogP contribution < -0.4 is 0 Å². The molecule has 2 amide bonds. The second-order valence-electron chi connectivity index (χ2n) is 6.80. The lowest BCUT2D eigenvalue weighted by Crippen LogP contribution is -2.50. The average Bonchev–Trinajstić information content (AvgIpc) is 3.15. The van der Waals surface area contributed by atoms with E-state index in [1.165, 1.54) is 0 Å². The highest BCUT2D eigenvalue weighted by atomic mass is 32.2. The summed E-state index contributed by atoms with van der Waals surface area (Å²) in [4.78, 5) is 36.1. The van der Waals surface area contributed by atoms with Gasteiger partial charge in [-0.2, -0.15) is 0 Å². The number of amides is 2. The molecule has 0 radical (unpaired) electrons. The Bertz CT molecular complexity index is 975. The van der Waals surface area contributed by atoms with E-state index in [1.54, 1.807) is 23.6 Å². The van der Waals surface area contributed by atoms with Gasteiger partial charge in [0.15, 0.2) is 5.16 Å². The molecule has 0 atom stereocenters. The minimum atomic E-state index is 0.0315. The van der Waals surface area contributed by atoms with Gasteiger partial charge in [-0.05, 0) is 23.8 Å². The zero-order valence-corrected chi connectivity index (χ0v) is 16.5. The highest BCUT2D eigenvalue weighted by molar-refractivity contribution is 7.98. The van der Waals surface area contributed by atoms with Crippen molar-refractivity contribution in [2.75, 3.05) is 26.2 Å². The fraction of sp³-hybridized carbons (Fsp3) is 0.286. The number of aromatic nitrogens is 2. The van der Waals surface area contributed by atoms with E-state index in [2.05, 4.69) is 9.97 Å². The molecular formula is C21H22N4O2S. The molecule has 28 heavy (non-hydrogen) atoms. The van der Waals surface area contributed by atoms with Crippen LogP contribution in [0.25, 0.3) is 11.0 Å². The number of H-pyrrole nitrogens is 1. The largest absolute Gasteiger partial charge is 0.339 e. The summed E-state index contributed by atoms with van der Waals surface area (Å²) in [5.41, 5.74) is 3.67. The molecule has 6 nitrogen and oxygen atoms in total. The van der Waals surface area contributed by atoms with E-state index < -0.39 is 0 Å². The maximum atomic E-state index is 13.0. The lowest BCUT2D eigenvalue weighted by Gasteiger charge is -2.34. The van der Waals surface area contributed by atoms with Crippen LogP contribution in [0.15, 0.2) is 53.7 Å². The highest BCUT2D eigenvalue weighted by Gasteiger charge is 2.24. The molecule has 1 N–H and O–H groups in total. The van der Waals surface area contributed by atoms with E-state index in [-0.39, 0.29) is 11.8 Å². The Morgan fingerprint density at radius 2 is 1.68 bits per heavy atom. The number of benzene rings is 2. The molecule has 0 bridgehead atoms. The Labute approximate surface area is 167 Å². The van der Waals surface area contributed by atoms with Gasteiger partial charge in [-0.1, -0.05) is 42.1 Å². The molecule has 0 spiro atoms. The van der Waals surface area contributed by atoms with Crippen LogP contribution in [-0.4, -0.2) is 57.8 Å². The van der Waals surface area contributed by atoms with E-state index in [9.17, 15) is 9.59 Å². The summed E-state index contributed by atoms with van der Waals surface area (Å²) in [5.74, 6) is 0.758. The molecular weight excluding hydrogens is 372 g/mol. The second-order valence-corrected chi connectivity index (χ2v) is 7.77. The number of hydrogen-bond acceptors (Lipinski definition) is 4. The Kier molecular flexibility index (Phi) is 5.34. The van der Waals surface area contributed by atoms with Crippen molar-refractivity contribution in [2.24, 2.45) is 0 Å². The van der Waals surface area contributed by atoms with Gasteiger partial charge in [0.2, 0.25) is 5.91 Å². The van der Waals surface area contributed by atoms with Gasteiger partial charge in [0, 0.05) is 44.4 Å². The fourth-order valence-electron chi connectivity index (χ4n) is 3.39. The average molecular weight is 395 g/mol. The van der Waals surface area contributed by atoms with Crippen LogP contribution in [0.1, 0.15) is 22.8 Å². The first-order chi connectivity index (χ1) is 13.6. The number of piperazine rings is 1. The summed E-state index contributed by atoms with van der Waals surface area (Å²) < 4.78 is 0.